The maximum atomic E-state index is 12.7. The highest BCUT2D eigenvalue weighted by Gasteiger charge is 2.24. The number of nitrogens with one attached hydrogen (secondary N) is 1. The van der Waals surface area contributed by atoms with Crippen molar-refractivity contribution in [3.63, 3.8) is 0 Å². The monoisotopic (exact) mass is 376 g/mol. The molecule has 1 aliphatic heterocycles. The van der Waals surface area contributed by atoms with Crippen LogP contribution in [0.25, 0.3) is 0 Å². The number of amides is 1. The van der Waals surface area contributed by atoms with Crippen molar-refractivity contribution in [3.8, 4) is 11.5 Å². The van der Waals surface area contributed by atoms with E-state index in [1.165, 1.54) is 4.88 Å². The average molecular weight is 376 g/mol. The Hall–Kier alpha value is -2.09. The van der Waals surface area contributed by atoms with Gasteiger partial charge in [0.2, 0.25) is 0 Å². The van der Waals surface area contributed by atoms with Crippen LogP contribution in [-0.4, -0.2) is 57.9 Å². The average Bonchev–Trinajstić information content (AvgIpc) is 3.22. The van der Waals surface area contributed by atoms with E-state index in [0.29, 0.717) is 23.6 Å². The van der Waals surface area contributed by atoms with Gasteiger partial charge in [0.25, 0.3) is 5.91 Å². The maximum Gasteiger partial charge on any atom is 0.251 e. The van der Waals surface area contributed by atoms with E-state index >= 15 is 0 Å². The van der Waals surface area contributed by atoms with Crippen molar-refractivity contribution in [1.29, 1.82) is 0 Å². The minimum absolute atomic E-state index is 0.142. The van der Waals surface area contributed by atoms with E-state index < -0.39 is 0 Å². The fourth-order valence-corrected chi connectivity index (χ4v) is 3.87. The van der Waals surface area contributed by atoms with Gasteiger partial charge in [0.15, 0.2) is 0 Å². The molecule has 26 heavy (non-hydrogen) atoms. The van der Waals surface area contributed by atoms with Crippen molar-refractivity contribution in [3.05, 3.63) is 46.2 Å². The Morgan fingerprint density at radius 2 is 1.92 bits per heavy atom. The predicted molar refractivity (Wildman–Crippen MR) is 101 cm³/mol. The molecule has 1 aromatic heterocycles. The molecule has 1 amide bonds. The Morgan fingerprint density at radius 1 is 1.23 bits per heavy atom. The molecule has 140 valence electrons. The van der Waals surface area contributed by atoms with Gasteiger partial charge in [-0.1, -0.05) is 6.07 Å². The van der Waals surface area contributed by atoms with Gasteiger partial charge in [-0.3, -0.25) is 9.69 Å². The zero-order chi connectivity index (χ0) is 18.4. The van der Waals surface area contributed by atoms with Crippen LogP contribution in [0.1, 0.15) is 21.3 Å². The highest BCUT2D eigenvalue weighted by molar-refractivity contribution is 7.10. The summed E-state index contributed by atoms with van der Waals surface area (Å²) in [6.07, 6.45) is 0. The van der Waals surface area contributed by atoms with Crippen molar-refractivity contribution in [2.75, 3.05) is 47.1 Å². The van der Waals surface area contributed by atoms with E-state index in [2.05, 4.69) is 21.7 Å². The molecule has 6 nitrogen and oxygen atoms in total. The topological polar surface area (TPSA) is 60.0 Å². The van der Waals surface area contributed by atoms with E-state index in [1.54, 1.807) is 43.8 Å². The molecule has 0 radical (unpaired) electrons. The van der Waals surface area contributed by atoms with Crippen LogP contribution in [0.5, 0.6) is 11.5 Å². The minimum Gasteiger partial charge on any atom is -0.497 e. The Kier molecular flexibility index (Phi) is 6.49. The normalized spacial score (nSPS) is 16.1. The molecule has 1 N–H and O–H groups in total. The van der Waals surface area contributed by atoms with Gasteiger partial charge in [-0.2, -0.15) is 0 Å². The van der Waals surface area contributed by atoms with Crippen molar-refractivity contribution in [2.24, 2.45) is 0 Å². The Bertz CT molecular complexity index is 692. The molecule has 3 rings (SSSR count). The number of morpholine rings is 1. The number of hydrogen-bond donors (Lipinski definition) is 1. The number of ether oxygens (including phenoxy) is 3. The van der Waals surface area contributed by atoms with Gasteiger partial charge in [-0.15, -0.1) is 11.3 Å². The zero-order valence-corrected chi connectivity index (χ0v) is 15.9. The molecular weight excluding hydrogens is 352 g/mol. The zero-order valence-electron chi connectivity index (χ0n) is 15.1. The lowest BCUT2D eigenvalue weighted by Gasteiger charge is -2.34. The molecule has 7 heteroatoms. The summed E-state index contributed by atoms with van der Waals surface area (Å²) < 4.78 is 16.0. The van der Waals surface area contributed by atoms with E-state index in [4.69, 9.17) is 14.2 Å². The summed E-state index contributed by atoms with van der Waals surface area (Å²) in [6.45, 7) is 3.72. The Balaban J connectivity index is 1.71. The molecule has 1 aliphatic rings. The van der Waals surface area contributed by atoms with Crippen LogP contribution in [0.2, 0.25) is 0 Å². The summed E-state index contributed by atoms with van der Waals surface area (Å²) in [5.74, 6) is 1.05. The number of rotatable bonds is 7. The SMILES string of the molecule is COc1cc(OC)cc(C(=O)NCC(c2cccs2)N2CCOCC2)c1. The summed E-state index contributed by atoms with van der Waals surface area (Å²) in [5.41, 5.74) is 0.521. The van der Waals surface area contributed by atoms with E-state index in [9.17, 15) is 4.79 Å². The predicted octanol–water partition coefficient (Wildman–Crippen LogP) is 2.57. The third-order valence-electron chi connectivity index (χ3n) is 4.43. The molecule has 2 aromatic rings. The molecule has 0 bridgehead atoms. The molecule has 1 atom stereocenters. The van der Waals surface area contributed by atoms with Gasteiger partial charge in [-0.25, -0.2) is 0 Å². The highest BCUT2D eigenvalue weighted by Crippen LogP contribution is 2.26. The number of carbonyl (C=O) groups excluding carboxylic acids is 1. The minimum atomic E-state index is -0.142. The van der Waals surface area contributed by atoms with Crippen LogP contribution < -0.4 is 14.8 Å². The lowest BCUT2D eigenvalue weighted by Crippen LogP contribution is -2.43. The van der Waals surface area contributed by atoms with Gasteiger partial charge in [-0.05, 0) is 23.6 Å². The molecule has 1 unspecified atom stereocenters. The summed E-state index contributed by atoms with van der Waals surface area (Å²) in [7, 11) is 3.14. The van der Waals surface area contributed by atoms with Crippen molar-refractivity contribution >= 4 is 17.2 Å². The molecule has 0 saturated carbocycles. The summed E-state index contributed by atoms with van der Waals surface area (Å²) in [4.78, 5) is 16.3. The Labute approximate surface area is 157 Å². The number of carbonyl (C=O) groups is 1. The van der Waals surface area contributed by atoms with Gasteiger partial charge in [0.1, 0.15) is 11.5 Å². The molecule has 0 spiro atoms. The van der Waals surface area contributed by atoms with Crippen LogP contribution in [0.4, 0.5) is 0 Å². The van der Waals surface area contributed by atoms with Crippen LogP contribution in [0.15, 0.2) is 35.7 Å². The van der Waals surface area contributed by atoms with E-state index in [1.807, 2.05) is 6.07 Å². The lowest BCUT2D eigenvalue weighted by atomic mass is 10.1. The Morgan fingerprint density at radius 3 is 2.50 bits per heavy atom. The van der Waals surface area contributed by atoms with Gasteiger partial charge >= 0.3 is 0 Å². The third kappa shape index (κ3) is 4.55. The second-order valence-electron chi connectivity index (χ2n) is 5.99. The number of hydrogen-bond acceptors (Lipinski definition) is 6. The standard InChI is InChI=1S/C19H24N2O4S/c1-23-15-10-14(11-16(12-15)24-2)19(22)20-13-17(18-4-3-9-26-18)21-5-7-25-8-6-21/h3-4,9-12,17H,5-8,13H2,1-2H3,(H,20,22). The first kappa shape index (κ1) is 18.7. The number of methoxy groups -OCH3 is 2. The summed E-state index contributed by atoms with van der Waals surface area (Å²) in [6, 6.07) is 9.49. The van der Waals surface area contributed by atoms with E-state index in [-0.39, 0.29) is 11.9 Å². The van der Waals surface area contributed by atoms with Crippen molar-refractivity contribution in [2.45, 2.75) is 6.04 Å². The third-order valence-corrected chi connectivity index (χ3v) is 5.40. The number of thiophene rings is 1. The fourth-order valence-electron chi connectivity index (χ4n) is 3.01. The van der Waals surface area contributed by atoms with Crippen molar-refractivity contribution < 1.29 is 19.0 Å². The molecule has 1 aromatic carbocycles. The number of nitrogens with zero attached hydrogens (tertiary/aromatic N) is 1. The van der Waals surface area contributed by atoms with Gasteiger partial charge < -0.3 is 19.5 Å². The largest absolute Gasteiger partial charge is 0.497 e. The van der Waals surface area contributed by atoms with Gasteiger partial charge in [0, 0.05) is 36.1 Å². The molecule has 1 saturated heterocycles. The molecule has 1 fully saturated rings. The maximum absolute atomic E-state index is 12.7. The summed E-state index contributed by atoms with van der Waals surface area (Å²) >= 11 is 1.71. The van der Waals surface area contributed by atoms with Crippen LogP contribution >= 0.6 is 11.3 Å². The van der Waals surface area contributed by atoms with Gasteiger partial charge in [0.05, 0.1) is 33.5 Å². The van der Waals surface area contributed by atoms with Crippen LogP contribution in [0, 0.1) is 0 Å². The van der Waals surface area contributed by atoms with Crippen LogP contribution in [0.3, 0.4) is 0 Å². The molecular formula is C19H24N2O4S. The smallest absolute Gasteiger partial charge is 0.251 e. The number of benzene rings is 1. The molecule has 2 heterocycles. The first-order valence-electron chi connectivity index (χ1n) is 8.57. The summed E-state index contributed by atoms with van der Waals surface area (Å²) in [5, 5.41) is 5.13. The van der Waals surface area contributed by atoms with E-state index in [0.717, 1.165) is 26.3 Å². The fraction of sp³-hybridized carbons (Fsp3) is 0.421. The first-order valence-corrected chi connectivity index (χ1v) is 9.45. The lowest BCUT2D eigenvalue weighted by molar-refractivity contribution is 0.0169. The first-order chi connectivity index (χ1) is 12.7. The van der Waals surface area contributed by atoms with Crippen molar-refractivity contribution in [1.82, 2.24) is 10.2 Å². The highest BCUT2D eigenvalue weighted by atomic mass is 32.1. The van der Waals surface area contributed by atoms with Crippen LogP contribution in [-0.2, 0) is 4.74 Å². The second-order valence-corrected chi connectivity index (χ2v) is 6.97. The second kappa shape index (κ2) is 9.02. The quantitative estimate of drug-likeness (QED) is 0.805. The molecule has 0 aliphatic carbocycles.